The van der Waals surface area contributed by atoms with Gasteiger partial charge in [0.05, 0.1) is 17.9 Å². The summed E-state index contributed by atoms with van der Waals surface area (Å²) in [6, 6.07) is 10.1. The number of hydrogen-bond acceptors (Lipinski definition) is 3. The van der Waals surface area contributed by atoms with Gasteiger partial charge >= 0.3 is 0 Å². The fourth-order valence-electron chi connectivity index (χ4n) is 1.77. The van der Waals surface area contributed by atoms with E-state index in [1.807, 2.05) is 53.4 Å². The number of fused-ring (bicyclic) bond motifs is 1. The van der Waals surface area contributed by atoms with Gasteiger partial charge in [-0.2, -0.15) is 5.10 Å². The molecule has 2 aromatic heterocycles. The zero-order valence-electron chi connectivity index (χ0n) is 9.24. The molecular weight excluding hydrogens is 212 g/mol. The second-order valence-electron chi connectivity index (χ2n) is 3.80. The van der Waals surface area contributed by atoms with E-state index in [4.69, 9.17) is 0 Å². The number of anilines is 1. The first-order valence-corrected chi connectivity index (χ1v) is 5.48. The summed E-state index contributed by atoms with van der Waals surface area (Å²) < 4.78 is 1.83. The van der Waals surface area contributed by atoms with Crippen LogP contribution in [0.5, 0.6) is 0 Å². The third kappa shape index (κ3) is 1.97. The van der Waals surface area contributed by atoms with Gasteiger partial charge in [-0.25, -0.2) is 4.52 Å². The maximum atomic E-state index is 4.27. The van der Waals surface area contributed by atoms with Gasteiger partial charge in [0.25, 0.3) is 0 Å². The first-order valence-electron chi connectivity index (χ1n) is 5.48. The molecule has 0 aliphatic heterocycles. The van der Waals surface area contributed by atoms with E-state index >= 15 is 0 Å². The molecule has 0 fully saturated rings. The third-order valence-electron chi connectivity index (χ3n) is 2.66. The SMILES string of the molecule is c1ccc(NCc2cnn3ccncc23)cc1. The van der Waals surface area contributed by atoms with Crippen LogP contribution in [-0.2, 0) is 6.54 Å². The number of benzene rings is 1. The smallest absolute Gasteiger partial charge is 0.0894 e. The number of hydrogen-bond donors (Lipinski definition) is 1. The van der Waals surface area contributed by atoms with Crippen LogP contribution in [0.25, 0.3) is 5.52 Å². The van der Waals surface area contributed by atoms with Gasteiger partial charge in [0.2, 0.25) is 0 Å². The summed E-state index contributed by atoms with van der Waals surface area (Å²) in [5.41, 5.74) is 3.29. The summed E-state index contributed by atoms with van der Waals surface area (Å²) in [5.74, 6) is 0. The molecule has 0 unspecified atom stereocenters. The van der Waals surface area contributed by atoms with Crippen LogP contribution in [0.1, 0.15) is 5.56 Å². The van der Waals surface area contributed by atoms with Gasteiger partial charge in [0.1, 0.15) is 0 Å². The van der Waals surface area contributed by atoms with Crippen LogP contribution in [0, 0.1) is 0 Å². The summed E-state index contributed by atoms with van der Waals surface area (Å²) in [6.45, 7) is 0.749. The summed E-state index contributed by atoms with van der Waals surface area (Å²) in [6.07, 6.45) is 7.28. The van der Waals surface area contributed by atoms with Crippen molar-refractivity contribution in [3.05, 3.63) is 60.7 Å². The maximum Gasteiger partial charge on any atom is 0.0894 e. The molecule has 84 valence electrons. The van der Waals surface area contributed by atoms with Gasteiger partial charge in [-0.15, -0.1) is 0 Å². The normalized spacial score (nSPS) is 10.6. The molecule has 0 radical (unpaired) electrons. The Morgan fingerprint density at radius 1 is 1.12 bits per heavy atom. The Kier molecular flexibility index (Phi) is 2.46. The second kappa shape index (κ2) is 4.25. The van der Waals surface area contributed by atoms with Crippen molar-refractivity contribution in [2.45, 2.75) is 6.54 Å². The molecule has 4 nitrogen and oxygen atoms in total. The molecule has 17 heavy (non-hydrogen) atoms. The Labute approximate surface area is 98.9 Å². The van der Waals surface area contributed by atoms with Gasteiger partial charge in [-0.1, -0.05) is 18.2 Å². The summed E-state index contributed by atoms with van der Waals surface area (Å²) in [5, 5.41) is 7.63. The maximum absolute atomic E-state index is 4.27. The number of para-hydroxylation sites is 1. The van der Waals surface area contributed by atoms with Crippen LogP contribution in [0.15, 0.2) is 55.1 Å². The molecule has 0 bridgehead atoms. The lowest BCUT2D eigenvalue weighted by atomic mass is 10.2. The van der Waals surface area contributed by atoms with E-state index in [-0.39, 0.29) is 0 Å². The molecule has 3 rings (SSSR count). The predicted molar refractivity (Wildman–Crippen MR) is 66.8 cm³/mol. The van der Waals surface area contributed by atoms with Gasteiger partial charge < -0.3 is 5.32 Å². The Hall–Kier alpha value is -2.36. The summed E-state index contributed by atoms with van der Waals surface area (Å²) in [7, 11) is 0. The third-order valence-corrected chi connectivity index (χ3v) is 2.66. The van der Waals surface area contributed by atoms with Gasteiger partial charge in [0, 0.05) is 30.2 Å². The fraction of sp³-hybridized carbons (Fsp3) is 0.0769. The van der Waals surface area contributed by atoms with E-state index in [0.717, 1.165) is 23.3 Å². The highest BCUT2D eigenvalue weighted by Crippen LogP contribution is 2.12. The van der Waals surface area contributed by atoms with Gasteiger partial charge in [-0.3, -0.25) is 4.98 Å². The predicted octanol–water partition coefficient (Wildman–Crippen LogP) is 2.34. The standard InChI is InChI=1S/C13H12N4/c1-2-4-12(5-3-1)15-8-11-9-16-17-7-6-14-10-13(11)17/h1-7,9-10,15H,8H2. The van der Waals surface area contributed by atoms with Crippen LogP contribution in [0.4, 0.5) is 5.69 Å². The lowest BCUT2D eigenvalue weighted by Gasteiger charge is -2.04. The van der Waals surface area contributed by atoms with Crippen molar-refractivity contribution >= 4 is 11.2 Å². The quantitative estimate of drug-likeness (QED) is 0.742. The Morgan fingerprint density at radius 2 is 2.00 bits per heavy atom. The van der Waals surface area contributed by atoms with Crippen LogP contribution < -0.4 is 5.32 Å². The van der Waals surface area contributed by atoms with E-state index in [2.05, 4.69) is 15.4 Å². The van der Waals surface area contributed by atoms with Gasteiger partial charge in [-0.05, 0) is 12.1 Å². The zero-order valence-corrected chi connectivity index (χ0v) is 9.24. The highest BCUT2D eigenvalue weighted by Gasteiger charge is 2.02. The number of nitrogens with one attached hydrogen (secondary N) is 1. The Balaban J connectivity index is 1.82. The van der Waals surface area contributed by atoms with Gasteiger partial charge in [0.15, 0.2) is 0 Å². The summed E-state index contributed by atoms with van der Waals surface area (Å²) in [4.78, 5) is 4.11. The van der Waals surface area contributed by atoms with Crippen molar-refractivity contribution in [2.24, 2.45) is 0 Å². The monoisotopic (exact) mass is 224 g/mol. The Bertz CT molecular complexity index is 615. The molecule has 0 amide bonds. The van der Waals surface area contributed by atoms with E-state index in [1.165, 1.54) is 0 Å². The van der Waals surface area contributed by atoms with Crippen molar-refractivity contribution in [1.29, 1.82) is 0 Å². The zero-order chi connectivity index (χ0) is 11.5. The van der Waals surface area contributed by atoms with E-state index < -0.39 is 0 Å². The highest BCUT2D eigenvalue weighted by atomic mass is 15.2. The second-order valence-corrected chi connectivity index (χ2v) is 3.80. The van der Waals surface area contributed by atoms with E-state index in [9.17, 15) is 0 Å². The van der Waals surface area contributed by atoms with Crippen LogP contribution in [0.3, 0.4) is 0 Å². The molecular formula is C13H12N4. The molecule has 2 heterocycles. The highest BCUT2D eigenvalue weighted by molar-refractivity contribution is 5.53. The summed E-state index contributed by atoms with van der Waals surface area (Å²) >= 11 is 0. The Morgan fingerprint density at radius 3 is 2.88 bits per heavy atom. The molecule has 0 saturated carbocycles. The minimum absolute atomic E-state index is 0.749. The molecule has 0 aliphatic rings. The molecule has 1 aromatic carbocycles. The molecule has 0 aliphatic carbocycles. The van der Waals surface area contributed by atoms with Crippen LogP contribution in [-0.4, -0.2) is 14.6 Å². The molecule has 3 aromatic rings. The largest absolute Gasteiger partial charge is 0.381 e. The first-order chi connectivity index (χ1) is 8.43. The lowest BCUT2D eigenvalue weighted by molar-refractivity contribution is 0.946. The van der Waals surface area contributed by atoms with E-state index in [0.29, 0.717) is 0 Å². The van der Waals surface area contributed by atoms with Crippen LogP contribution >= 0.6 is 0 Å². The number of aromatic nitrogens is 3. The molecule has 0 saturated heterocycles. The minimum atomic E-state index is 0.749. The molecule has 0 spiro atoms. The fourth-order valence-corrected chi connectivity index (χ4v) is 1.77. The number of rotatable bonds is 3. The van der Waals surface area contributed by atoms with Crippen molar-refractivity contribution in [3.8, 4) is 0 Å². The first kappa shape index (κ1) is 9.84. The van der Waals surface area contributed by atoms with Crippen molar-refractivity contribution in [1.82, 2.24) is 14.6 Å². The topological polar surface area (TPSA) is 42.2 Å². The molecule has 4 heteroatoms. The van der Waals surface area contributed by atoms with Crippen LogP contribution in [0.2, 0.25) is 0 Å². The minimum Gasteiger partial charge on any atom is -0.381 e. The number of nitrogens with zero attached hydrogens (tertiary/aromatic N) is 3. The lowest BCUT2D eigenvalue weighted by Crippen LogP contribution is -1.98. The average Bonchev–Trinajstić information content (AvgIpc) is 2.81. The van der Waals surface area contributed by atoms with Crippen molar-refractivity contribution in [3.63, 3.8) is 0 Å². The molecule has 1 N–H and O–H groups in total. The van der Waals surface area contributed by atoms with Crippen molar-refractivity contribution < 1.29 is 0 Å². The average molecular weight is 224 g/mol. The molecule has 0 atom stereocenters. The van der Waals surface area contributed by atoms with E-state index in [1.54, 1.807) is 6.20 Å². The van der Waals surface area contributed by atoms with Crippen molar-refractivity contribution in [2.75, 3.05) is 5.32 Å².